The number of carbonyl (C=O) groups excluding carboxylic acids is 2. The third-order valence-corrected chi connectivity index (χ3v) is 3.31. The Morgan fingerprint density at radius 2 is 2.14 bits per heavy atom. The highest BCUT2D eigenvalue weighted by Crippen LogP contribution is 2.11. The fourth-order valence-corrected chi connectivity index (χ4v) is 2.13. The first-order valence-electron chi connectivity index (χ1n) is 7.18. The zero-order valence-electron chi connectivity index (χ0n) is 12.5. The van der Waals surface area contributed by atoms with Crippen molar-refractivity contribution >= 4 is 12.3 Å². The molecule has 1 aromatic heterocycles. The Hall–Kier alpha value is -2.69. The molecule has 5 heteroatoms. The van der Waals surface area contributed by atoms with Gasteiger partial charge in [-0.15, -0.1) is 0 Å². The predicted octanol–water partition coefficient (Wildman–Crippen LogP) is 1.86. The fraction of sp³-hybridized carbons (Fsp3) is 0.235. The molecule has 1 atom stereocenters. The molecule has 1 heterocycles. The molecule has 0 spiro atoms. The van der Waals surface area contributed by atoms with E-state index in [2.05, 4.69) is 15.6 Å². The van der Waals surface area contributed by atoms with Gasteiger partial charge in [0.1, 0.15) is 0 Å². The zero-order chi connectivity index (χ0) is 15.8. The number of pyridine rings is 1. The molecule has 0 saturated carbocycles. The third kappa shape index (κ3) is 4.41. The third-order valence-electron chi connectivity index (χ3n) is 3.31. The largest absolute Gasteiger partial charge is 0.358 e. The fourth-order valence-electron chi connectivity index (χ4n) is 2.13. The van der Waals surface area contributed by atoms with E-state index in [9.17, 15) is 9.59 Å². The molecule has 0 aliphatic heterocycles. The molecule has 0 saturated heterocycles. The van der Waals surface area contributed by atoms with E-state index in [1.807, 2.05) is 43.3 Å². The summed E-state index contributed by atoms with van der Waals surface area (Å²) in [5, 5.41) is 5.54. The van der Waals surface area contributed by atoms with Gasteiger partial charge in [0.2, 0.25) is 6.41 Å². The average molecular weight is 297 g/mol. The predicted molar refractivity (Wildman–Crippen MR) is 84.3 cm³/mol. The van der Waals surface area contributed by atoms with Crippen molar-refractivity contribution in [2.24, 2.45) is 0 Å². The monoisotopic (exact) mass is 297 g/mol. The van der Waals surface area contributed by atoms with Crippen molar-refractivity contribution in [3.05, 3.63) is 65.5 Å². The van der Waals surface area contributed by atoms with Gasteiger partial charge in [-0.25, -0.2) is 0 Å². The van der Waals surface area contributed by atoms with E-state index in [-0.39, 0.29) is 11.9 Å². The Bertz CT molecular complexity index is 629. The van der Waals surface area contributed by atoms with Crippen molar-refractivity contribution in [3.63, 3.8) is 0 Å². The summed E-state index contributed by atoms with van der Waals surface area (Å²) >= 11 is 0. The molecule has 5 nitrogen and oxygen atoms in total. The lowest BCUT2D eigenvalue weighted by Crippen LogP contribution is -2.27. The molecular formula is C17H19N3O2. The first-order valence-corrected chi connectivity index (χ1v) is 7.18. The molecule has 114 valence electrons. The molecular weight excluding hydrogens is 278 g/mol. The highest BCUT2D eigenvalue weighted by Gasteiger charge is 2.12. The van der Waals surface area contributed by atoms with E-state index in [0.29, 0.717) is 24.9 Å². The Balaban J connectivity index is 2.00. The van der Waals surface area contributed by atoms with Crippen LogP contribution in [0.4, 0.5) is 0 Å². The van der Waals surface area contributed by atoms with E-state index < -0.39 is 0 Å². The van der Waals surface area contributed by atoms with Gasteiger partial charge in [-0.3, -0.25) is 14.6 Å². The Morgan fingerprint density at radius 3 is 2.86 bits per heavy atom. The van der Waals surface area contributed by atoms with E-state index in [4.69, 9.17) is 0 Å². The first-order chi connectivity index (χ1) is 10.7. The highest BCUT2D eigenvalue weighted by molar-refractivity contribution is 5.94. The Labute approximate surface area is 129 Å². The SMILES string of the molecule is CC(NC(=O)c1cccc(CCNC=O)c1)c1ccccn1. The van der Waals surface area contributed by atoms with Gasteiger partial charge in [0, 0.05) is 18.3 Å². The van der Waals surface area contributed by atoms with Gasteiger partial charge in [0.05, 0.1) is 11.7 Å². The summed E-state index contributed by atoms with van der Waals surface area (Å²) in [6.45, 7) is 2.46. The van der Waals surface area contributed by atoms with Gasteiger partial charge in [-0.2, -0.15) is 0 Å². The van der Waals surface area contributed by atoms with Crippen LogP contribution in [0.5, 0.6) is 0 Å². The van der Waals surface area contributed by atoms with Crippen molar-refractivity contribution in [1.82, 2.24) is 15.6 Å². The van der Waals surface area contributed by atoms with Crippen molar-refractivity contribution in [3.8, 4) is 0 Å². The van der Waals surface area contributed by atoms with Crippen LogP contribution in [-0.4, -0.2) is 23.8 Å². The Kier molecular flexibility index (Phi) is 5.65. The maximum atomic E-state index is 12.3. The number of hydrogen-bond acceptors (Lipinski definition) is 3. The summed E-state index contributed by atoms with van der Waals surface area (Å²) < 4.78 is 0. The molecule has 0 aliphatic carbocycles. The van der Waals surface area contributed by atoms with Crippen molar-refractivity contribution in [1.29, 1.82) is 0 Å². The second kappa shape index (κ2) is 7.93. The maximum Gasteiger partial charge on any atom is 0.251 e. The molecule has 2 amide bonds. The van der Waals surface area contributed by atoms with Crippen LogP contribution < -0.4 is 10.6 Å². The molecule has 2 aromatic rings. The smallest absolute Gasteiger partial charge is 0.251 e. The number of nitrogens with one attached hydrogen (secondary N) is 2. The number of benzene rings is 1. The van der Waals surface area contributed by atoms with Gasteiger partial charge in [-0.1, -0.05) is 18.2 Å². The van der Waals surface area contributed by atoms with Crippen LogP contribution in [-0.2, 0) is 11.2 Å². The molecule has 0 fully saturated rings. The molecule has 0 bridgehead atoms. The van der Waals surface area contributed by atoms with Crippen LogP contribution >= 0.6 is 0 Å². The molecule has 2 N–H and O–H groups in total. The minimum absolute atomic E-state index is 0.136. The maximum absolute atomic E-state index is 12.3. The molecule has 1 aromatic carbocycles. The summed E-state index contributed by atoms with van der Waals surface area (Å²) in [7, 11) is 0. The quantitative estimate of drug-likeness (QED) is 0.605. The lowest BCUT2D eigenvalue weighted by Gasteiger charge is -2.13. The van der Waals surface area contributed by atoms with Crippen LogP contribution in [0.25, 0.3) is 0 Å². The van der Waals surface area contributed by atoms with E-state index >= 15 is 0 Å². The molecule has 2 rings (SSSR count). The summed E-state index contributed by atoms with van der Waals surface area (Å²) in [5.74, 6) is -0.136. The van der Waals surface area contributed by atoms with Crippen LogP contribution in [0, 0.1) is 0 Å². The van der Waals surface area contributed by atoms with Gasteiger partial charge >= 0.3 is 0 Å². The van der Waals surface area contributed by atoms with E-state index in [1.54, 1.807) is 12.3 Å². The second-order valence-corrected chi connectivity index (χ2v) is 4.97. The minimum Gasteiger partial charge on any atom is -0.358 e. The highest BCUT2D eigenvalue weighted by atomic mass is 16.1. The molecule has 22 heavy (non-hydrogen) atoms. The van der Waals surface area contributed by atoms with E-state index in [0.717, 1.165) is 11.3 Å². The van der Waals surface area contributed by atoms with Crippen LogP contribution in [0.15, 0.2) is 48.7 Å². The normalized spacial score (nSPS) is 11.5. The lowest BCUT2D eigenvalue weighted by molar-refractivity contribution is -0.109. The molecule has 0 radical (unpaired) electrons. The topological polar surface area (TPSA) is 71.1 Å². The van der Waals surface area contributed by atoms with Gasteiger partial charge < -0.3 is 10.6 Å². The number of hydrogen-bond donors (Lipinski definition) is 2. The lowest BCUT2D eigenvalue weighted by atomic mass is 10.1. The summed E-state index contributed by atoms with van der Waals surface area (Å²) in [5.41, 5.74) is 2.43. The van der Waals surface area contributed by atoms with Crippen LogP contribution in [0.3, 0.4) is 0 Å². The van der Waals surface area contributed by atoms with Crippen molar-refractivity contribution < 1.29 is 9.59 Å². The standard InChI is InChI=1S/C17H19N3O2/c1-13(16-7-2-3-9-19-16)20-17(22)15-6-4-5-14(11-15)8-10-18-12-21/h2-7,9,11-13H,8,10H2,1H3,(H,18,21)(H,20,22). The average Bonchev–Trinajstić information content (AvgIpc) is 2.56. The number of nitrogens with zero attached hydrogens (tertiary/aromatic N) is 1. The Morgan fingerprint density at radius 1 is 1.27 bits per heavy atom. The number of amides is 2. The van der Waals surface area contributed by atoms with Gasteiger partial charge in [-0.05, 0) is 43.2 Å². The summed E-state index contributed by atoms with van der Waals surface area (Å²) in [4.78, 5) is 26.8. The summed E-state index contributed by atoms with van der Waals surface area (Å²) in [6, 6.07) is 12.9. The zero-order valence-corrected chi connectivity index (χ0v) is 12.5. The molecule has 0 aliphatic rings. The van der Waals surface area contributed by atoms with Gasteiger partial charge in [0.15, 0.2) is 0 Å². The van der Waals surface area contributed by atoms with Crippen molar-refractivity contribution in [2.45, 2.75) is 19.4 Å². The van der Waals surface area contributed by atoms with E-state index in [1.165, 1.54) is 0 Å². The molecule has 1 unspecified atom stereocenters. The van der Waals surface area contributed by atoms with Crippen LogP contribution in [0.2, 0.25) is 0 Å². The van der Waals surface area contributed by atoms with Gasteiger partial charge in [0.25, 0.3) is 5.91 Å². The van der Waals surface area contributed by atoms with Crippen molar-refractivity contribution in [2.75, 3.05) is 6.54 Å². The van der Waals surface area contributed by atoms with Crippen LogP contribution in [0.1, 0.15) is 34.6 Å². The minimum atomic E-state index is -0.158. The number of carbonyl (C=O) groups is 2. The second-order valence-electron chi connectivity index (χ2n) is 4.97. The summed E-state index contributed by atoms with van der Waals surface area (Å²) in [6.07, 6.45) is 3.07. The first kappa shape index (κ1) is 15.7. The number of aromatic nitrogens is 1. The number of rotatable bonds is 7.